The van der Waals surface area contributed by atoms with E-state index in [4.69, 9.17) is 14.7 Å². The Morgan fingerprint density at radius 3 is 2.66 bits per heavy atom. The summed E-state index contributed by atoms with van der Waals surface area (Å²) in [6.45, 7) is 1.29. The maximum atomic E-state index is 12.8. The van der Waals surface area contributed by atoms with Crippen molar-refractivity contribution in [3.8, 4) is 0 Å². The molecule has 3 aromatic rings. The number of aliphatic hydroxyl groups excluding tert-OH is 2. The van der Waals surface area contributed by atoms with Gasteiger partial charge in [0.1, 0.15) is 24.1 Å². The Morgan fingerprint density at radius 1 is 1.24 bits per heavy atom. The first-order valence-electron chi connectivity index (χ1n) is 8.69. The summed E-state index contributed by atoms with van der Waals surface area (Å²) >= 11 is 0. The third-order valence-electron chi connectivity index (χ3n) is 4.70. The molecule has 4 N–H and O–H groups in total. The quantitative estimate of drug-likeness (QED) is 0.468. The van der Waals surface area contributed by atoms with Gasteiger partial charge in [0.25, 0.3) is 10.1 Å². The Morgan fingerprint density at radius 2 is 1.97 bits per heavy atom. The number of hydrogen-bond acceptors (Lipinski definition) is 10. The van der Waals surface area contributed by atoms with Gasteiger partial charge in [-0.3, -0.25) is 8.75 Å². The Kier molecular flexibility index (Phi) is 4.96. The van der Waals surface area contributed by atoms with Gasteiger partial charge in [-0.05, 0) is 19.1 Å². The minimum absolute atomic E-state index is 0.0662. The molecule has 1 aromatic carbocycles. The van der Waals surface area contributed by atoms with E-state index in [0.717, 1.165) is 5.56 Å². The van der Waals surface area contributed by atoms with Gasteiger partial charge >= 0.3 is 0 Å². The van der Waals surface area contributed by atoms with E-state index in [1.165, 1.54) is 29.4 Å². The zero-order chi connectivity index (χ0) is 20.8. The van der Waals surface area contributed by atoms with Crippen molar-refractivity contribution in [1.29, 1.82) is 0 Å². The number of nitrogens with two attached hydrogens (primary N) is 1. The molecule has 0 spiro atoms. The lowest BCUT2D eigenvalue weighted by Gasteiger charge is -2.21. The molecule has 0 radical (unpaired) electrons. The molecule has 12 heteroatoms. The van der Waals surface area contributed by atoms with E-state index in [0.29, 0.717) is 0 Å². The van der Waals surface area contributed by atoms with E-state index < -0.39 is 41.3 Å². The Hall–Kier alpha value is -2.64. The standard InChI is InChI=1S/C17H19N5O6S/c1-9-2-4-10(5-3-9)29(25,26)28-14-13(24)11(6-23)27-17(14)22-8-21-12-15(18)19-7-20-16(12)22/h2-5,7-8,11,13-14,17,23-24H,6H2,1H3,(H2,18,19,20)/t11-,13-,14-,17-/m1/s1. The van der Waals surface area contributed by atoms with Crippen molar-refractivity contribution in [3.05, 3.63) is 42.5 Å². The van der Waals surface area contributed by atoms with Crippen LogP contribution in [0.2, 0.25) is 0 Å². The molecule has 1 fully saturated rings. The molecule has 4 rings (SSSR count). The second kappa shape index (κ2) is 7.31. The lowest BCUT2D eigenvalue weighted by Crippen LogP contribution is -2.37. The molecule has 0 unspecified atom stereocenters. The molecule has 1 aliphatic rings. The molecule has 29 heavy (non-hydrogen) atoms. The van der Waals surface area contributed by atoms with Gasteiger partial charge in [-0.2, -0.15) is 8.42 Å². The van der Waals surface area contributed by atoms with Crippen LogP contribution in [0.1, 0.15) is 11.8 Å². The molecule has 2 aromatic heterocycles. The van der Waals surface area contributed by atoms with Crippen molar-refractivity contribution in [1.82, 2.24) is 19.5 Å². The third-order valence-corrected chi connectivity index (χ3v) is 6.03. The van der Waals surface area contributed by atoms with E-state index in [-0.39, 0.29) is 21.9 Å². The number of ether oxygens (including phenoxy) is 1. The number of nitrogens with zero attached hydrogens (tertiary/aromatic N) is 4. The van der Waals surface area contributed by atoms with Crippen molar-refractivity contribution < 1.29 is 27.6 Å². The highest BCUT2D eigenvalue weighted by Gasteiger charge is 2.48. The van der Waals surface area contributed by atoms with Crippen LogP contribution in [0.25, 0.3) is 11.2 Å². The van der Waals surface area contributed by atoms with Crippen molar-refractivity contribution >= 4 is 27.1 Å². The summed E-state index contributed by atoms with van der Waals surface area (Å²) in [5.74, 6) is 0.135. The average Bonchev–Trinajstić information content (AvgIpc) is 3.24. The summed E-state index contributed by atoms with van der Waals surface area (Å²) in [4.78, 5) is 12.0. The monoisotopic (exact) mass is 421 g/mol. The second-order valence-corrected chi connectivity index (χ2v) is 8.22. The van der Waals surface area contributed by atoms with E-state index in [9.17, 15) is 18.6 Å². The number of anilines is 1. The van der Waals surface area contributed by atoms with E-state index in [1.807, 2.05) is 6.92 Å². The van der Waals surface area contributed by atoms with E-state index >= 15 is 0 Å². The highest BCUT2D eigenvalue weighted by Crippen LogP contribution is 2.35. The molecule has 0 saturated carbocycles. The van der Waals surface area contributed by atoms with Gasteiger partial charge in [0.2, 0.25) is 0 Å². The molecule has 0 bridgehead atoms. The van der Waals surface area contributed by atoms with Crippen LogP contribution in [0.15, 0.2) is 41.8 Å². The van der Waals surface area contributed by atoms with Gasteiger partial charge in [-0.15, -0.1) is 0 Å². The summed E-state index contributed by atoms with van der Waals surface area (Å²) in [5, 5.41) is 20.0. The summed E-state index contributed by atoms with van der Waals surface area (Å²) in [6, 6.07) is 6.08. The number of hydrogen-bond donors (Lipinski definition) is 3. The summed E-state index contributed by atoms with van der Waals surface area (Å²) in [6.07, 6.45) is -2.39. The molecular weight excluding hydrogens is 402 g/mol. The van der Waals surface area contributed by atoms with Crippen LogP contribution in [0.3, 0.4) is 0 Å². The first-order chi connectivity index (χ1) is 13.8. The van der Waals surface area contributed by atoms with Gasteiger partial charge in [0, 0.05) is 0 Å². The van der Waals surface area contributed by atoms with Crippen LogP contribution in [0, 0.1) is 6.92 Å². The zero-order valence-corrected chi connectivity index (χ0v) is 16.1. The number of aryl methyl sites for hydroxylation is 1. The van der Waals surface area contributed by atoms with E-state index in [2.05, 4.69) is 15.0 Å². The Bertz CT molecular complexity index is 1130. The fourth-order valence-corrected chi connectivity index (χ4v) is 4.24. The predicted octanol–water partition coefficient (Wildman–Crippen LogP) is -0.258. The molecule has 0 amide bonds. The zero-order valence-electron chi connectivity index (χ0n) is 15.3. The highest BCUT2D eigenvalue weighted by atomic mass is 32.2. The minimum Gasteiger partial charge on any atom is -0.394 e. The number of rotatable bonds is 5. The molecule has 0 aliphatic carbocycles. The first-order valence-corrected chi connectivity index (χ1v) is 10.1. The second-order valence-electron chi connectivity index (χ2n) is 6.65. The van der Waals surface area contributed by atoms with Crippen molar-refractivity contribution in [2.24, 2.45) is 0 Å². The van der Waals surface area contributed by atoms with Crippen LogP contribution < -0.4 is 5.73 Å². The van der Waals surface area contributed by atoms with Crippen LogP contribution in [0.4, 0.5) is 5.82 Å². The van der Waals surface area contributed by atoms with Gasteiger partial charge in [-0.1, -0.05) is 17.7 Å². The summed E-state index contributed by atoms with van der Waals surface area (Å²) < 4.78 is 37.9. The van der Waals surface area contributed by atoms with Gasteiger partial charge in [0.15, 0.2) is 23.8 Å². The molecule has 4 atom stereocenters. The molecule has 1 saturated heterocycles. The Balaban J connectivity index is 1.72. The Labute approximate surface area is 165 Å². The van der Waals surface area contributed by atoms with Crippen molar-refractivity contribution in [2.45, 2.75) is 36.4 Å². The SMILES string of the molecule is Cc1ccc(S(=O)(=O)O[C@@H]2[C@H](O)[C@@H](CO)O[C@H]2n2cnc3c(N)ncnc32)cc1. The third kappa shape index (κ3) is 3.45. The number of aliphatic hydroxyl groups is 2. The lowest BCUT2D eigenvalue weighted by molar-refractivity contribution is -0.0483. The number of benzene rings is 1. The summed E-state index contributed by atoms with van der Waals surface area (Å²) in [5.41, 5.74) is 7.24. The highest BCUT2D eigenvalue weighted by molar-refractivity contribution is 7.86. The van der Waals surface area contributed by atoms with Crippen LogP contribution in [0.5, 0.6) is 0 Å². The summed E-state index contributed by atoms with van der Waals surface area (Å²) in [7, 11) is -4.22. The van der Waals surface area contributed by atoms with Crippen molar-refractivity contribution in [3.63, 3.8) is 0 Å². The fraction of sp³-hybridized carbons (Fsp3) is 0.353. The normalized spacial score (nSPS) is 24.9. The number of fused-ring (bicyclic) bond motifs is 1. The topological polar surface area (TPSA) is 163 Å². The van der Waals surface area contributed by atoms with Crippen LogP contribution >= 0.6 is 0 Å². The average molecular weight is 421 g/mol. The molecule has 154 valence electrons. The predicted molar refractivity (Wildman–Crippen MR) is 100.0 cm³/mol. The molecule has 3 heterocycles. The molecular formula is C17H19N5O6S. The van der Waals surface area contributed by atoms with Gasteiger partial charge in [0.05, 0.1) is 17.8 Å². The lowest BCUT2D eigenvalue weighted by atomic mass is 10.1. The molecule has 11 nitrogen and oxygen atoms in total. The number of imidazole rings is 1. The smallest absolute Gasteiger partial charge is 0.297 e. The maximum Gasteiger partial charge on any atom is 0.297 e. The minimum atomic E-state index is -4.22. The van der Waals surface area contributed by atoms with Crippen molar-refractivity contribution in [2.75, 3.05) is 12.3 Å². The van der Waals surface area contributed by atoms with Gasteiger partial charge < -0.3 is 20.7 Å². The number of aromatic nitrogens is 4. The van der Waals surface area contributed by atoms with Gasteiger partial charge in [-0.25, -0.2) is 15.0 Å². The van der Waals surface area contributed by atoms with Crippen LogP contribution in [-0.4, -0.2) is 63.1 Å². The molecule has 1 aliphatic heterocycles. The fourth-order valence-electron chi connectivity index (χ4n) is 3.16. The van der Waals surface area contributed by atoms with E-state index in [1.54, 1.807) is 12.1 Å². The first kappa shape index (κ1) is 19.7. The number of nitrogen functional groups attached to an aromatic ring is 1. The maximum absolute atomic E-state index is 12.8. The largest absolute Gasteiger partial charge is 0.394 e. The van der Waals surface area contributed by atoms with Crippen LogP contribution in [-0.2, 0) is 19.0 Å².